The number of guanidine groups is 1. The van der Waals surface area contributed by atoms with Gasteiger partial charge in [-0.3, -0.25) is 0 Å². The van der Waals surface area contributed by atoms with E-state index in [1.54, 1.807) is 13.0 Å². The number of hydrogen-bond donors (Lipinski definition) is 2. The molecule has 0 bridgehead atoms. The molecule has 0 amide bonds. The van der Waals surface area contributed by atoms with Gasteiger partial charge in [0.2, 0.25) is 0 Å². The second kappa shape index (κ2) is 8.81. The van der Waals surface area contributed by atoms with Crippen LogP contribution in [-0.4, -0.2) is 38.5 Å². The Morgan fingerprint density at radius 2 is 2.17 bits per heavy atom. The summed E-state index contributed by atoms with van der Waals surface area (Å²) in [7, 11) is -2.93. The van der Waals surface area contributed by atoms with E-state index in [0.29, 0.717) is 31.0 Å². The molecule has 23 heavy (non-hydrogen) atoms. The molecule has 2 rings (SSSR count). The predicted octanol–water partition coefficient (Wildman–Crippen LogP) is 1.99. The first kappa shape index (κ1) is 20.1. The van der Waals surface area contributed by atoms with Crippen molar-refractivity contribution >= 4 is 39.8 Å². The summed E-state index contributed by atoms with van der Waals surface area (Å²) in [5.41, 5.74) is 1.38. The van der Waals surface area contributed by atoms with Gasteiger partial charge in [0.25, 0.3) is 0 Å². The monoisotopic (exact) mass is 455 g/mol. The number of halogens is 2. The molecule has 1 aliphatic rings. The standard InChI is InChI=1S/C15H22FN3O2S.HI/c1-3-17-15(19-13-6-7-22(20,21)10-13)18-9-12-5-4-11(2)14(16)8-12;/h4-5,8,13H,3,6-7,9-10H2,1-2H3,(H2,17,18,19);1H. The molecule has 0 aliphatic carbocycles. The number of nitrogens with zero attached hydrogens (tertiary/aromatic N) is 1. The third-order valence-electron chi connectivity index (χ3n) is 3.57. The average Bonchev–Trinajstić information content (AvgIpc) is 2.79. The van der Waals surface area contributed by atoms with Gasteiger partial charge in [-0.1, -0.05) is 12.1 Å². The van der Waals surface area contributed by atoms with Crippen molar-refractivity contribution in [1.29, 1.82) is 0 Å². The zero-order valence-corrected chi connectivity index (χ0v) is 16.4. The largest absolute Gasteiger partial charge is 0.357 e. The quantitative estimate of drug-likeness (QED) is 0.414. The molecule has 0 aromatic heterocycles. The second-order valence-corrected chi connectivity index (χ2v) is 7.75. The molecule has 1 aliphatic heterocycles. The minimum absolute atomic E-state index is 0. The maximum atomic E-state index is 13.5. The smallest absolute Gasteiger partial charge is 0.191 e. The third-order valence-corrected chi connectivity index (χ3v) is 5.34. The van der Waals surface area contributed by atoms with Gasteiger partial charge < -0.3 is 10.6 Å². The first-order valence-corrected chi connectivity index (χ1v) is 9.22. The van der Waals surface area contributed by atoms with Gasteiger partial charge in [-0.25, -0.2) is 17.8 Å². The molecule has 0 spiro atoms. The van der Waals surface area contributed by atoms with Crippen molar-refractivity contribution < 1.29 is 12.8 Å². The van der Waals surface area contributed by atoms with Gasteiger partial charge in [0, 0.05) is 12.6 Å². The third kappa shape index (κ3) is 6.25. The minimum atomic E-state index is -2.93. The van der Waals surface area contributed by atoms with Crippen LogP contribution in [0.5, 0.6) is 0 Å². The molecule has 0 saturated carbocycles. The van der Waals surface area contributed by atoms with Gasteiger partial charge in [-0.05, 0) is 37.5 Å². The lowest BCUT2D eigenvalue weighted by atomic mass is 10.1. The van der Waals surface area contributed by atoms with E-state index in [4.69, 9.17) is 0 Å². The van der Waals surface area contributed by atoms with Crippen molar-refractivity contribution in [3.8, 4) is 0 Å². The first-order chi connectivity index (χ1) is 10.4. The van der Waals surface area contributed by atoms with Crippen molar-refractivity contribution in [2.24, 2.45) is 4.99 Å². The van der Waals surface area contributed by atoms with Crippen LogP contribution in [0.15, 0.2) is 23.2 Å². The molecule has 1 unspecified atom stereocenters. The van der Waals surface area contributed by atoms with Crippen molar-refractivity contribution in [3.63, 3.8) is 0 Å². The van der Waals surface area contributed by atoms with Gasteiger partial charge in [-0.15, -0.1) is 24.0 Å². The fraction of sp³-hybridized carbons (Fsp3) is 0.533. The molecule has 1 saturated heterocycles. The first-order valence-electron chi connectivity index (χ1n) is 7.40. The summed E-state index contributed by atoms with van der Waals surface area (Å²) < 4.78 is 36.5. The van der Waals surface area contributed by atoms with Gasteiger partial charge in [-0.2, -0.15) is 0 Å². The fourth-order valence-corrected chi connectivity index (χ4v) is 4.00. The van der Waals surface area contributed by atoms with Crippen LogP contribution >= 0.6 is 24.0 Å². The summed E-state index contributed by atoms with van der Waals surface area (Å²) in [6.07, 6.45) is 0.589. The van der Waals surface area contributed by atoms with Crippen LogP contribution in [0.25, 0.3) is 0 Å². The van der Waals surface area contributed by atoms with Crippen LogP contribution in [0.2, 0.25) is 0 Å². The summed E-state index contributed by atoms with van der Waals surface area (Å²) in [5.74, 6) is 0.669. The van der Waals surface area contributed by atoms with E-state index in [1.807, 2.05) is 13.0 Å². The number of benzene rings is 1. The lowest BCUT2D eigenvalue weighted by Gasteiger charge is -2.15. The highest BCUT2D eigenvalue weighted by Gasteiger charge is 2.28. The van der Waals surface area contributed by atoms with Gasteiger partial charge >= 0.3 is 0 Å². The van der Waals surface area contributed by atoms with Crippen LogP contribution in [0.4, 0.5) is 4.39 Å². The zero-order chi connectivity index (χ0) is 16.2. The summed E-state index contributed by atoms with van der Waals surface area (Å²) in [6, 6.07) is 4.93. The Hall–Kier alpha value is -0.900. The molecule has 1 aromatic carbocycles. The molecule has 1 fully saturated rings. The number of rotatable bonds is 4. The second-order valence-electron chi connectivity index (χ2n) is 5.52. The zero-order valence-electron chi connectivity index (χ0n) is 13.3. The Balaban J connectivity index is 0.00000264. The number of aryl methyl sites for hydroxylation is 1. The number of sulfone groups is 1. The van der Waals surface area contributed by atoms with Crippen LogP contribution in [0.3, 0.4) is 0 Å². The average molecular weight is 455 g/mol. The topological polar surface area (TPSA) is 70.6 Å². The van der Waals surface area contributed by atoms with E-state index in [2.05, 4.69) is 15.6 Å². The molecule has 1 aromatic rings. The maximum absolute atomic E-state index is 13.5. The van der Waals surface area contributed by atoms with E-state index in [1.165, 1.54) is 6.07 Å². The molecular formula is C15H23FIN3O2S. The Bertz CT molecular complexity index is 665. The molecule has 8 heteroatoms. The Kier molecular flexibility index (Phi) is 7.72. The minimum Gasteiger partial charge on any atom is -0.357 e. The molecule has 1 atom stereocenters. The SMILES string of the molecule is CCNC(=NCc1ccc(C)c(F)c1)NC1CCS(=O)(=O)C1.I. The highest BCUT2D eigenvalue weighted by molar-refractivity contribution is 14.0. The van der Waals surface area contributed by atoms with E-state index >= 15 is 0 Å². The van der Waals surface area contributed by atoms with Crippen molar-refractivity contribution in [1.82, 2.24) is 10.6 Å². The molecule has 2 N–H and O–H groups in total. The van der Waals surface area contributed by atoms with Crippen molar-refractivity contribution in [2.45, 2.75) is 32.9 Å². The summed E-state index contributed by atoms with van der Waals surface area (Å²) in [6.45, 7) is 4.67. The fourth-order valence-electron chi connectivity index (χ4n) is 2.33. The molecule has 0 radical (unpaired) electrons. The lowest BCUT2D eigenvalue weighted by Crippen LogP contribution is -2.44. The maximum Gasteiger partial charge on any atom is 0.191 e. The van der Waals surface area contributed by atoms with Crippen LogP contribution in [0.1, 0.15) is 24.5 Å². The van der Waals surface area contributed by atoms with Gasteiger partial charge in [0.1, 0.15) is 5.82 Å². The van der Waals surface area contributed by atoms with E-state index in [0.717, 1.165) is 5.56 Å². The number of hydrogen-bond acceptors (Lipinski definition) is 3. The number of aliphatic imine (C=N–C) groups is 1. The summed E-state index contributed by atoms with van der Waals surface area (Å²) in [5, 5.41) is 6.22. The highest BCUT2D eigenvalue weighted by atomic mass is 127. The summed E-state index contributed by atoms with van der Waals surface area (Å²) >= 11 is 0. The molecule has 1 heterocycles. The van der Waals surface area contributed by atoms with E-state index in [-0.39, 0.29) is 47.3 Å². The normalized spacial score (nSPS) is 20.0. The van der Waals surface area contributed by atoms with Crippen LogP contribution in [0, 0.1) is 12.7 Å². The van der Waals surface area contributed by atoms with Gasteiger partial charge in [0.05, 0.1) is 18.1 Å². The highest BCUT2D eigenvalue weighted by Crippen LogP contribution is 2.12. The lowest BCUT2D eigenvalue weighted by molar-refractivity contribution is 0.599. The van der Waals surface area contributed by atoms with Gasteiger partial charge in [0.15, 0.2) is 15.8 Å². The van der Waals surface area contributed by atoms with Crippen LogP contribution < -0.4 is 10.6 Å². The predicted molar refractivity (Wildman–Crippen MR) is 102 cm³/mol. The van der Waals surface area contributed by atoms with Crippen molar-refractivity contribution in [2.75, 3.05) is 18.1 Å². The molecule has 5 nitrogen and oxygen atoms in total. The Morgan fingerprint density at radius 3 is 2.74 bits per heavy atom. The van der Waals surface area contributed by atoms with Crippen LogP contribution in [-0.2, 0) is 16.4 Å². The summed E-state index contributed by atoms with van der Waals surface area (Å²) in [4.78, 5) is 4.40. The molecule has 130 valence electrons. The Morgan fingerprint density at radius 1 is 1.43 bits per heavy atom. The molecular weight excluding hydrogens is 432 g/mol. The van der Waals surface area contributed by atoms with Crippen molar-refractivity contribution in [3.05, 3.63) is 35.1 Å². The number of nitrogens with one attached hydrogen (secondary N) is 2. The van der Waals surface area contributed by atoms with E-state index < -0.39 is 9.84 Å². The Labute approximate surface area is 154 Å². The van der Waals surface area contributed by atoms with E-state index in [9.17, 15) is 12.8 Å².